The number of hydrogen-bond donors (Lipinski definition) is 1. The Balaban J connectivity index is 1.55. The number of piperidine rings is 1. The Morgan fingerprint density at radius 2 is 2.00 bits per heavy atom. The van der Waals surface area contributed by atoms with Gasteiger partial charge in [-0.3, -0.25) is 4.79 Å². The number of amides is 1. The van der Waals surface area contributed by atoms with Crippen molar-refractivity contribution in [2.24, 2.45) is 0 Å². The largest absolute Gasteiger partial charge is 0.342 e. The van der Waals surface area contributed by atoms with Crippen molar-refractivity contribution in [2.75, 3.05) is 25.9 Å². The van der Waals surface area contributed by atoms with E-state index in [2.05, 4.69) is 19.5 Å². The lowest BCUT2D eigenvalue weighted by Crippen LogP contribution is -2.43. The Bertz CT molecular complexity index is 661. The maximum Gasteiger partial charge on any atom is 0.237 e. The molecule has 22 heavy (non-hydrogen) atoms. The lowest BCUT2D eigenvalue weighted by Gasteiger charge is -2.31. The molecule has 0 radical (unpaired) electrons. The highest BCUT2D eigenvalue weighted by atomic mass is 32.2. The number of carbonyl (C=O) groups is 1. The van der Waals surface area contributed by atoms with Gasteiger partial charge in [0.2, 0.25) is 15.9 Å². The normalized spacial score (nSPS) is 19.4. The summed E-state index contributed by atoms with van der Waals surface area (Å²) in [6.07, 6.45) is 4.89. The molecule has 3 rings (SSSR count). The first kappa shape index (κ1) is 15.4. The van der Waals surface area contributed by atoms with Crippen LogP contribution in [0.25, 0.3) is 0 Å². The second-order valence-electron chi connectivity index (χ2n) is 5.98. The van der Waals surface area contributed by atoms with Gasteiger partial charge in [-0.05, 0) is 19.3 Å². The van der Waals surface area contributed by atoms with Crippen molar-refractivity contribution in [2.45, 2.75) is 38.1 Å². The van der Waals surface area contributed by atoms with Crippen LogP contribution in [0.2, 0.25) is 0 Å². The van der Waals surface area contributed by atoms with E-state index in [0.29, 0.717) is 19.0 Å². The third-order valence-corrected chi connectivity index (χ3v) is 5.01. The molecule has 0 atom stereocenters. The van der Waals surface area contributed by atoms with Crippen LogP contribution < -0.4 is 4.72 Å². The van der Waals surface area contributed by atoms with Gasteiger partial charge >= 0.3 is 0 Å². The van der Waals surface area contributed by atoms with E-state index in [9.17, 15) is 13.2 Å². The van der Waals surface area contributed by atoms with Crippen molar-refractivity contribution < 1.29 is 13.2 Å². The van der Waals surface area contributed by atoms with Crippen molar-refractivity contribution in [1.82, 2.24) is 24.4 Å². The van der Waals surface area contributed by atoms with Crippen molar-refractivity contribution in [3.05, 3.63) is 11.6 Å². The van der Waals surface area contributed by atoms with Crippen molar-refractivity contribution in [1.29, 1.82) is 0 Å². The molecule has 1 aromatic heterocycles. The smallest absolute Gasteiger partial charge is 0.237 e. The van der Waals surface area contributed by atoms with Gasteiger partial charge in [0.25, 0.3) is 0 Å². The van der Waals surface area contributed by atoms with Crippen LogP contribution in [0.1, 0.15) is 36.8 Å². The molecule has 122 valence electrons. The van der Waals surface area contributed by atoms with Gasteiger partial charge in [-0.2, -0.15) is 0 Å². The number of hydrogen-bond acceptors (Lipinski definition) is 5. The lowest BCUT2D eigenvalue weighted by atomic mass is 9.96. The molecule has 1 aromatic rings. The summed E-state index contributed by atoms with van der Waals surface area (Å²) in [6.45, 7) is 2.10. The monoisotopic (exact) mass is 327 g/mol. The quantitative estimate of drug-likeness (QED) is 0.802. The minimum Gasteiger partial charge on any atom is -0.342 e. The zero-order valence-electron chi connectivity index (χ0n) is 12.7. The van der Waals surface area contributed by atoms with Crippen LogP contribution in [0.5, 0.6) is 0 Å². The van der Waals surface area contributed by atoms with E-state index < -0.39 is 10.0 Å². The summed E-state index contributed by atoms with van der Waals surface area (Å²) in [7, 11) is -3.33. The number of sulfonamides is 1. The average molecular weight is 327 g/mol. The summed E-state index contributed by atoms with van der Waals surface area (Å²) >= 11 is 0. The first-order chi connectivity index (χ1) is 10.4. The molecule has 2 aliphatic rings. The molecule has 0 aromatic carbocycles. The van der Waals surface area contributed by atoms with Gasteiger partial charge < -0.3 is 9.47 Å². The molecule has 9 heteroatoms. The zero-order valence-corrected chi connectivity index (χ0v) is 13.5. The summed E-state index contributed by atoms with van der Waals surface area (Å²) in [4.78, 5) is 13.7. The van der Waals surface area contributed by atoms with Crippen molar-refractivity contribution in [3.8, 4) is 0 Å². The summed E-state index contributed by atoms with van der Waals surface area (Å²) < 4.78 is 26.5. The molecule has 1 amide bonds. The van der Waals surface area contributed by atoms with Crippen LogP contribution >= 0.6 is 0 Å². The first-order valence-electron chi connectivity index (χ1n) is 7.58. The maximum atomic E-state index is 12.0. The van der Waals surface area contributed by atoms with Crippen LogP contribution in [0.15, 0.2) is 0 Å². The van der Waals surface area contributed by atoms with E-state index in [1.54, 1.807) is 4.90 Å². The highest BCUT2D eigenvalue weighted by molar-refractivity contribution is 7.88. The highest BCUT2D eigenvalue weighted by Gasteiger charge is 2.29. The number of carbonyl (C=O) groups excluding carboxylic acids is 1. The van der Waals surface area contributed by atoms with E-state index in [0.717, 1.165) is 50.1 Å². The standard InChI is InChI=1S/C13H21N5O3S/c1-22(20,21)14-9-12(19)17-7-4-10(5-8-17)13-16-15-11-3-2-6-18(11)13/h10,14H,2-9H2,1H3. The molecule has 3 heterocycles. The number of aryl methyl sites for hydroxylation is 1. The summed E-state index contributed by atoms with van der Waals surface area (Å²) in [5.41, 5.74) is 0. The predicted molar refractivity (Wildman–Crippen MR) is 79.7 cm³/mol. The molecule has 1 fully saturated rings. The molecule has 0 saturated carbocycles. The SMILES string of the molecule is CS(=O)(=O)NCC(=O)N1CCC(c2nnc3n2CCC3)CC1. The molecule has 8 nitrogen and oxygen atoms in total. The number of nitrogens with zero attached hydrogens (tertiary/aromatic N) is 4. The first-order valence-corrected chi connectivity index (χ1v) is 9.47. The molecule has 1 N–H and O–H groups in total. The molecular formula is C13H21N5O3S. The minimum atomic E-state index is -3.33. The fourth-order valence-electron chi connectivity index (χ4n) is 3.17. The Labute approximate surface area is 129 Å². The molecule has 0 aliphatic carbocycles. The summed E-state index contributed by atoms with van der Waals surface area (Å²) in [6, 6.07) is 0. The third kappa shape index (κ3) is 3.30. The maximum absolute atomic E-state index is 12.0. The lowest BCUT2D eigenvalue weighted by molar-refractivity contribution is -0.131. The van der Waals surface area contributed by atoms with Gasteiger partial charge in [-0.1, -0.05) is 0 Å². The molecular weight excluding hydrogens is 306 g/mol. The van der Waals surface area contributed by atoms with E-state index in [4.69, 9.17) is 0 Å². The number of rotatable bonds is 4. The number of likely N-dealkylation sites (tertiary alicyclic amines) is 1. The van der Waals surface area contributed by atoms with E-state index in [1.807, 2.05) is 0 Å². The Hall–Kier alpha value is -1.48. The third-order valence-electron chi connectivity index (χ3n) is 4.34. The molecule has 0 spiro atoms. The van der Waals surface area contributed by atoms with E-state index >= 15 is 0 Å². The summed E-state index contributed by atoms with van der Waals surface area (Å²) in [5, 5.41) is 8.56. The van der Waals surface area contributed by atoms with Gasteiger partial charge in [0, 0.05) is 32.0 Å². The average Bonchev–Trinajstić information content (AvgIpc) is 3.07. The van der Waals surface area contributed by atoms with Crippen molar-refractivity contribution >= 4 is 15.9 Å². The van der Waals surface area contributed by atoms with Crippen LogP contribution in [0, 0.1) is 0 Å². The number of nitrogens with one attached hydrogen (secondary N) is 1. The topological polar surface area (TPSA) is 97.2 Å². The van der Waals surface area contributed by atoms with Gasteiger partial charge in [-0.25, -0.2) is 13.1 Å². The Kier molecular flexibility index (Phi) is 4.18. The molecule has 0 unspecified atom stereocenters. The number of fused-ring (bicyclic) bond motifs is 1. The van der Waals surface area contributed by atoms with Gasteiger partial charge in [0.1, 0.15) is 11.6 Å². The van der Waals surface area contributed by atoms with E-state index in [-0.39, 0.29) is 12.5 Å². The van der Waals surface area contributed by atoms with Crippen LogP contribution in [-0.2, 0) is 27.8 Å². The fraction of sp³-hybridized carbons (Fsp3) is 0.769. The molecule has 0 bridgehead atoms. The van der Waals surface area contributed by atoms with Crippen LogP contribution in [-0.4, -0.2) is 59.9 Å². The fourth-order valence-corrected chi connectivity index (χ4v) is 3.55. The highest BCUT2D eigenvalue weighted by Crippen LogP contribution is 2.29. The van der Waals surface area contributed by atoms with Crippen LogP contribution in [0.3, 0.4) is 0 Å². The Morgan fingerprint density at radius 1 is 1.27 bits per heavy atom. The zero-order chi connectivity index (χ0) is 15.7. The predicted octanol–water partition coefficient (Wildman–Crippen LogP) is -0.520. The second kappa shape index (κ2) is 5.96. The van der Waals surface area contributed by atoms with Gasteiger partial charge in [0.15, 0.2) is 0 Å². The van der Waals surface area contributed by atoms with Gasteiger partial charge in [0.05, 0.1) is 12.8 Å². The minimum absolute atomic E-state index is 0.163. The number of aromatic nitrogens is 3. The second-order valence-corrected chi connectivity index (χ2v) is 7.81. The molecule has 2 aliphatic heterocycles. The van der Waals surface area contributed by atoms with Crippen LogP contribution in [0.4, 0.5) is 0 Å². The Morgan fingerprint density at radius 3 is 2.68 bits per heavy atom. The molecule has 1 saturated heterocycles. The van der Waals surface area contributed by atoms with E-state index in [1.165, 1.54) is 0 Å². The van der Waals surface area contributed by atoms with Crippen molar-refractivity contribution in [3.63, 3.8) is 0 Å². The van der Waals surface area contributed by atoms with Gasteiger partial charge in [-0.15, -0.1) is 10.2 Å². The summed E-state index contributed by atoms with van der Waals surface area (Å²) in [5.74, 6) is 2.29.